The Labute approximate surface area is 116 Å². The summed E-state index contributed by atoms with van der Waals surface area (Å²) in [7, 11) is 0. The van der Waals surface area contributed by atoms with Gasteiger partial charge in [-0.1, -0.05) is 51.5 Å². The molecule has 106 valence electrons. The molecule has 19 heavy (non-hydrogen) atoms. The van der Waals surface area contributed by atoms with E-state index in [9.17, 15) is 9.90 Å². The fraction of sp³-hybridized carbons (Fsp3) is 0.562. The SMILES string of the molecule is CCCCC(=O)NCC(O)c1ccc(C(C)C)cc1. The van der Waals surface area contributed by atoms with Crippen LogP contribution < -0.4 is 5.32 Å². The molecule has 1 aromatic rings. The molecule has 1 atom stereocenters. The van der Waals surface area contributed by atoms with Gasteiger partial charge in [0, 0.05) is 13.0 Å². The van der Waals surface area contributed by atoms with Crippen molar-refractivity contribution in [1.29, 1.82) is 0 Å². The molecule has 0 aliphatic heterocycles. The second-order valence-corrected chi connectivity index (χ2v) is 5.24. The number of aliphatic hydroxyl groups is 1. The van der Waals surface area contributed by atoms with Crippen LogP contribution >= 0.6 is 0 Å². The van der Waals surface area contributed by atoms with E-state index in [1.54, 1.807) is 0 Å². The van der Waals surface area contributed by atoms with Crippen molar-refractivity contribution in [3.8, 4) is 0 Å². The smallest absolute Gasteiger partial charge is 0.220 e. The van der Waals surface area contributed by atoms with E-state index in [4.69, 9.17) is 0 Å². The Morgan fingerprint density at radius 3 is 2.32 bits per heavy atom. The van der Waals surface area contributed by atoms with Crippen LogP contribution in [0.3, 0.4) is 0 Å². The average molecular weight is 263 g/mol. The molecule has 0 aliphatic rings. The molecule has 0 fully saturated rings. The molecule has 0 bridgehead atoms. The van der Waals surface area contributed by atoms with Gasteiger partial charge in [-0.2, -0.15) is 0 Å². The molecule has 0 spiro atoms. The molecular weight excluding hydrogens is 238 g/mol. The van der Waals surface area contributed by atoms with Crippen LogP contribution in [0.15, 0.2) is 24.3 Å². The molecule has 0 saturated heterocycles. The van der Waals surface area contributed by atoms with E-state index in [0.29, 0.717) is 12.3 Å². The predicted molar refractivity (Wildman–Crippen MR) is 78.0 cm³/mol. The Morgan fingerprint density at radius 1 is 1.21 bits per heavy atom. The van der Waals surface area contributed by atoms with Gasteiger partial charge in [-0.25, -0.2) is 0 Å². The number of amides is 1. The van der Waals surface area contributed by atoms with E-state index in [0.717, 1.165) is 18.4 Å². The molecule has 2 N–H and O–H groups in total. The van der Waals surface area contributed by atoms with Gasteiger partial charge in [-0.15, -0.1) is 0 Å². The number of aliphatic hydroxyl groups excluding tert-OH is 1. The van der Waals surface area contributed by atoms with Gasteiger partial charge in [0.25, 0.3) is 0 Å². The van der Waals surface area contributed by atoms with Crippen LogP contribution in [-0.4, -0.2) is 17.6 Å². The van der Waals surface area contributed by atoms with Crippen LogP contribution in [0.4, 0.5) is 0 Å². The number of unbranched alkanes of at least 4 members (excludes halogenated alkanes) is 1. The minimum Gasteiger partial charge on any atom is -0.387 e. The third-order valence-electron chi connectivity index (χ3n) is 3.24. The highest BCUT2D eigenvalue weighted by atomic mass is 16.3. The molecule has 1 unspecified atom stereocenters. The van der Waals surface area contributed by atoms with Crippen molar-refractivity contribution >= 4 is 5.91 Å². The number of hydrogen-bond acceptors (Lipinski definition) is 2. The summed E-state index contributed by atoms with van der Waals surface area (Å²) in [5, 5.41) is 12.8. The maximum absolute atomic E-state index is 11.5. The fourth-order valence-electron chi connectivity index (χ4n) is 1.86. The molecule has 1 rings (SSSR count). The Bertz CT molecular complexity index is 384. The number of benzene rings is 1. The average Bonchev–Trinajstić information content (AvgIpc) is 2.42. The lowest BCUT2D eigenvalue weighted by Gasteiger charge is -2.13. The third kappa shape index (κ3) is 5.43. The van der Waals surface area contributed by atoms with Crippen LogP contribution in [-0.2, 0) is 4.79 Å². The first-order valence-corrected chi connectivity index (χ1v) is 7.09. The zero-order valence-corrected chi connectivity index (χ0v) is 12.1. The monoisotopic (exact) mass is 263 g/mol. The standard InChI is InChI=1S/C16H25NO2/c1-4-5-6-16(19)17-11-15(18)14-9-7-13(8-10-14)12(2)3/h7-10,12,15,18H,4-6,11H2,1-3H3,(H,17,19). The van der Waals surface area contributed by atoms with Crippen molar-refractivity contribution in [2.75, 3.05) is 6.54 Å². The van der Waals surface area contributed by atoms with Crippen molar-refractivity contribution in [2.45, 2.75) is 52.1 Å². The maximum atomic E-state index is 11.5. The number of rotatable bonds is 7. The molecule has 0 aliphatic carbocycles. The summed E-state index contributed by atoms with van der Waals surface area (Å²) in [5.41, 5.74) is 2.10. The van der Waals surface area contributed by atoms with E-state index in [1.165, 1.54) is 5.56 Å². The second kappa shape index (κ2) is 7.95. The lowest BCUT2D eigenvalue weighted by Crippen LogP contribution is -2.28. The fourth-order valence-corrected chi connectivity index (χ4v) is 1.86. The van der Waals surface area contributed by atoms with Gasteiger partial charge in [-0.3, -0.25) is 4.79 Å². The Balaban J connectivity index is 2.44. The van der Waals surface area contributed by atoms with E-state index in [-0.39, 0.29) is 12.5 Å². The van der Waals surface area contributed by atoms with Gasteiger partial charge in [0.1, 0.15) is 0 Å². The topological polar surface area (TPSA) is 49.3 Å². The van der Waals surface area contributed by atoms with Gasteiger partial charge in [0.05, 0.1) is 6.10 Å². The van der Waals surface area contributed by atoms with Gasteiger partial charge in [0.2, 0.25) is 5.91 Å². The minimum atomic E-state index is -0.633. The maximum Gasteiger partial charge on any atom is 0.220 e. The number of carbonyl (C=O) groups excluding carboxylic acids is 1. The summed E-state index contributed by atoms with van der Waals surface area (Å²) >= 11 is 0. The largest absolute Gasteiger partial charge is 0.387 e. The second-order valence-electron chi connectivity index (χ2n) is 5.24. The molecule has 0 heterocycles. The molecule has 3 nitrogen and oxygen atoms in total. The van der Waals surface area contributed by atoms with Crippen molar-refractivity contribution < 1.29 is 9.90 Å². The van der Waals surface area contributed by atoms with Gasteiger partial charge in [0.15, 0.2) is 0 Å². The number of carbonyl (C=O) groups is 1. The minimum absolute atomic E-state index is 0.0136. The first kappa shape index (κ1) is 15.7. The highest BCUT2D eigenvalue weighted by Gasteiger charge is 2.09. The van der Waals surface area contributed by atoms with Crippen molar-refractivity contribution in [3.63, 3.8) is 0 Å². The number of nitrogens with one attached hydrogen (secondary N) is 1. The summed E-state index contributed by atoms with van der Waals surface area (Å²) in [5.74, 6) is 0.500. The molecule has 3 heteroatoms. The first-order valence-electron chi connectivity index (χ1n) is 7.09. The zero-order chi connectivity index (χ0) is 14.3. The Kier molecular flexibility index (Phi) is 6.57. The highest BCUT2D eigenvalue weighted by Crippen LogP contribution is 2.18. The lowest BCUT2D eigenvalue weighted by atomic mass is 10.00. The Hall–Kier alpha value is -1.35. The van der Waals surface area contributed by atoms with E-state index in [2.05, 4.69) is 26.1 Å². The molecule has 0 saturated carbocycles. The van der Waals surface area contributed by atoms with Crippen LogP contribution in [0, 0.1) is 0 Å². The van der Waals surface area contributed by atoms with Gasteiger partial charge in [-0.05, 0) is 23.5 Å². The summed E-state index contributed by atoms with van der Waals surface area (Å²) < 4.78 is 0. The normalized spacial score (nSPS) is 12.5. The Morgan fingerprint density at radius 2 is 1.79 bits per heavy atom. The van der Waals surface area contributed by atoms with Crippen LogP contribution in [0.25, 0.3) is 0 Å². The van der Waals surface area contributed by atoms with Crippen molar-refractivity contribution in [1.82, 2.24) is 5.32 Å². The lowest BCUT2D eigenvalue weighted by molar-refractivity contribution is -0.121. The summed E-state index contributed by atoms with van der Waals surface area (Å²) in [6.07, 6.45) is 1.81. The van der Waals surface area contributed by atoms with Gasteiger partial charge < -0.3 is 10.4 Å². The zero-order valence-electron chi connectivity index (χ0n) is 12.1. The summed E-state index contributed by atoms with van der Waals surface area (Å²) in [6, 6.07) is 7.92. The third-order valence-corrected chi connectivity index (χ3v) is 3.24. The van der Waals surface area contributed by atoms with Gasteiger partial charge >= 0.3 is 0 Å². The molecule has 1 aromatic carbocycles. The molecule has 0 aromatic heterocycles. The molecular formula is C16H25NO2. The number of hydrogen-bond donors (Lipinski definition) is 2. The highest BCUT2D eigenvalue weighted by molar-refractivity contribution is 5.75. The van der Waals surface area contributed by atoms with Crippen molar-refractivity contribution in [2.24, 2.45) is 0 Å². The van der Waals surface area contributed by atoms with Crippen LogP contribution in [0.2, 0.25) is 0 Å². The van der Waals surface area contributed by atoms with Crippen molar-refractivity contribution in [3.05, 3.63) is 35.4 Å². The van der Waals surface area contributed by atoms with E-state index >= 15 is 0 Å². The van der Waals surface area contributed by atoms with Crippen LogP contribution in [0.5, 0.6) is 0 Å². The van der Waals surface area contributed by atoms with Crippen LogP contribution in [0.1, 0.15) is 63.2 Å². The molecule has 1 amide bonds. The first-order chi connectivity index (χ1) is 9.04. The van der Waals surface area contributed by atoms with E-state index < -0.39 is 6.10 Å². The predicted octanol–water partition coefficient (Wildman–Crippen LogP) is 3.15. The molecule has 0 radical (unpaired) electrons. The van der Waals surface area contributed by atoms with E-state index in [1.807, 2.05) is 24.3 Å². The summed E-state index contributed by atoms with van der Waals surface area (Å²) in [4.78, 5) is 11.5. The summed E-state index contributed by atoms with van der Waals surface area (Å²) in [6.45, 7) is 6.61. The quantitative estimate of drug-likeness (QED) is 0.794.